The van der Waals surface area contributed by atoms with Gasteiger partial charge in [-0.2, -0.15) is 0 Å². The van der Waals surface area contributed by atoms with Gasteiger partial charge in [0.25, 0.3) is 0 Å². The first-order valence-electron chi connectivity index (χ1n) is 6.30. The number of aromatic nitrogens is 2. The highest BCUT2D eigenvalue weighted by atomic mass is 14.9. The minimum atomic E-state index is 0.341. The molecule has 1 unspecified atom stereocenters. The summed E-state index contributed by atoms with van der Waals surface area (Å²) < 4.78 is 0. The molecule has 18 heavy (non-hydrogen) atoms. The maximum absolute atomic E-state index is 4.28. The average molecular weight is 241 g/mol. The van der Waals surface area contributed by atoms with Gasteiger partial charge in [-0.3, -0.25) is 9.97 Å². The highest BCUT2D eigenvalue weighted by molar-refractivity contribution is 5.19. The maximum atomic E-state index is 4.28. The summed E-state index contributed by atoms with van der Waals surface area (Å²) in [7, 11) is 0. The second kappa shape index (κ2) is 6.26. The molecule has 0 saturated carbocycles. The van der Waals surface area contributed by atoms with Crippen molar-refractivity contribution in [3.05, 3.63) is 60.2 Å². The molecule has 1 atom stereocenters. The Labute approximate surface area is 108 Å². The summed E-state index contributed by atoms with van der Waals surface area (Å²) in [6.07, 6.45) is 5.22. The van der Waals surface area contributed by atoms with E-state index in [9.17, 15) is 0 Å². The van der Waals surface area contributed by atoms with Crippen molar-refractivity contribution in [1.82, 2.24) is 15.3 Å². The van der Waals surface area contributed by atoms with Crippen LogP contribution in [0, 0.1) is 5.92 Å². The van der Waals surface area contributed by atoms with Crippen molar-refractivity contribution in [2.24, 2.45) is 5.92 Å². The smallest absolute Gasteiger partial charge is 0.0724 e. The van der Waals surface area contributed by atoms with Gasteiger partial charge in [0, 0.05) is 31.2 Å². The zero-order chi connectivity index (χ0) is 12.8. The highest BCUT2D eigenvalue weighted by Gasteiger charge is 2.14. The standard InChI is InChI=1S/C15H19N3/c1-12(2)15(13-6-4-3-5-7-13)18-11-14-10-16-8-9-17-14/h3-10,12,15,18H,11H2,1-2H3. The molecule has 0 aliphatic rings. The van der Waals surface area contributed by atoms with Crippen LogP contribution in [0.4, 0.5) is 0 Å². The fourth-order valence-electron chi connectivity index (χ4n) is 2.03. The Balaban J connectivity index is 2.04. The molecule has 1 aromatic heterocycles. The Kier molecular flexibility index (Phi) is 4.42. The molecule has 3 nitrogen and oxygen atoms in total. The number of nitrogens with zero attached hydrogens (tertiary/aromatic N) is 2. The molecule has 1 heterocycles. The molecule has 0 fully saturated rings. The third-order valence-corrected chi connectivity index (χ3v) is 2.95. The highest BCUT2D eigenvalue weighted by Crippen LogP contribution is 2.21. The van der Waals surface area contributed by atoms with E-state index in [-0.39, 0.29) is 0 Å². The number of nitrogens with one attached hydrogen (secondary N) is 1. The number of hydrogen-bond acceptors (Lipinski definition) is 3. The van der Waals surface area contributed by atoms with Crippen LogP contribution in [0.15, 0.2) is 48.9 Å². The van der Waals surface area contributed by atoms with Crippen LogP contribution in [0.1, 0.15) is 31.1 Å². The second-order valence-corrected chi connectivity index (χ2v) is 4.71. The lowest BCUT2D eigenvalue weighted by Gasteiger charge is -2.22. The van der Waals surface area contributed by atoms with Crippen molar-refractivity contribution >= 4 is 0 Å². The Hall–Kier alpha value is -1.74. The van der Waals surface area contributed by atoms with E-state index in [4.69, 9.17) is 0 Å². The van der Waals surface area contributed by atoms with E-state index < -0.39 is 0 Å². The molecule has 0 amide bonds. The number of hydrogen-bond donors (Lipinski definition) is 1. The Morgan fingerprint density at radius 2 is 1.89 bits per heavy atom. The molecule has 2 rings (SSSR count). The summed E-state index contributed by atoms with van der Waals surface area (Å²) in [5.74, 6) is 0.532. The van der Waals surface area contributed by atoms with Crippen LogP contribution >= 0.6 is 0 Å². The third-order valence-electron chi connectivity index (χ3n) is 2.95. The first-order valence-corrected chi connectivity index (χ1v) is 6.30. The van der Waals surface area contributed by atoms with Gasteiger partial charge in [0.05, 0.1) is 5.69 Å². The molecule has 1 N–H and O–H groups in total. The van der Waals surface area contributed by atoms with Gasteiger partial charge in [0.15, 0.2) is 0 Å². The van der Waals surface area contributed by atoms with Crippen LogP contribution in [0.25, 0.3) is 0 Å². The van der Waals surface area contributed by atoms with E-state index in [1.165, 1.54) is 5.56 Å². The molecule has 0 radical (unpaired) electrons. The zero-order valence-electron chi connectivity index (χ0n) is 10.9. The van der Waals surface area contributed by atoms with Gasteiger partial charge in [0.2, 0.25) is 0 Å². The first-order chi connectivity index (χ1) is 8.77. The Bertz CT molecular complexity index is 454. The van der Waals surface area contributed by atoms with Gasteiger partial charge in [-0.25, -0.2) is 0 Å². The molecule has 0 saturated heterocycles. The molecular formula is C15H19N3. The largest absolute Gasteiger partial charge is 0.304 e. The normalized spacial score (nSPS) is 12.6. The molecule has 0 aliphatic carbocycles. The van der Waals surface area contributed by atoms with Crippen molar-refractivity contribution in [3.63, 3.8) is 0 Å². The van der Waals surface area contributed by atoms with Crippen molar-refractivity contribution in [2.75, 3.05) is 0 Å². The van der Waals surface area contributed by atoms with Crippen molar-refractivity contribution in [2.45, 2.75) is 26.4 Å². The maximum Gasteiger partial charge on any atom is 0.0724 e. The van der Waals surface area contributed by atoms with E-state index in [0.717, 1.165) is 12.2 Å². The summed E-state index contributed by atoms with van der Waals surface area (Å²) >= 11 is 0. The van der Waals surface area contributed by atoms with Gasteiger partial charge >= 0.3 is 0 Å². The van der Waals surface area contributed by atoms with Gasteiger partial charge in [0.1, 0.15) is 0 Å². The Morgan fingerprint density at radius 3 is 2.50 bits per heavy atom. The Morgan fingerprint density at radius 1 is 1.11 bits per heavy atom. The lowest BCUT2D eigenvalue weighted by atomic mass is 9.96. The van der Waals surface area contributed by atoms with E-state index >= 15 is 0 Å². The molecule has 0 bridgehead atoms. The minimum Gasteiger partial charge on any atom is -0.304 e. The molecule has 94 valence electrons. The van der Waals surface area contributed by atoms with Crippen molar-refractivity contribution < 1.29 is 0 Å². The predicted octanol–water partition coefficient (Wildman–Crippen LogP) is 2.96. The zero-order valence-corrected chi connectivity index (χ0v) is 10.9. The van der Waals surface area contributed by atoms with Gasteiger partial charge in [-0.05, 0) is 11.5 Å². The third kappa shape index (κ3) is 3.37. The molecular weight excluding hydrogens is 222 g/mol. The molecule has 2 aromatic rings. The number of benzene rings is 1. The van der Waals surface area contributed by atoms with Crippen LogP contribution in [-0.2, 0) is 6.54 Å². The number of rotatable bonds is 5. The van der Waals surface area contributed by atoms with Gasteiger partial charge < -0.3 is 5.32 Å². The van der Waals surface area contributed by atoms with Gasteiger partial charge in [-0.1, -0.05) is 44.2 Å². The van der Waals surface area contributed by atoms with Crippen molar-refractivity contribution in [3.8, 4) is 0 Å². The topological polar surface area (TPSA) is 37.8 Å². The van der Waals surface area contributed by atoms with E-state index in [2.05, 4.69) is 53.4 Å². The van der Waals surface area contributed by atoms with Crippen LogP contribution in [0.2, 0.25) is 0 Å². The fraction of sp³-hybridized carbons (Fsp3) is 0.333. The van der Waals surface area contributed by atoms with E-state index in [1.807, 2.05) is 6.07 Å². The van der Waals surface area contributed by atoms with E-state index in [0.29, 0.717) is 12.0 Å². The van der Waals surface area contributed by atoms with Crippen LogP contribution < -0.4 is 5.32 Å². The van der Waals surface area contributed by atoms with Crippen LogP contribution in [0.3, 0.4) is 0 Å². The average Bonchev–Trinajstić information content (AvgIpc) is 2.41. The van der Waals surface area contributed by atoms with Crippen molar-refractivity contribution in [1.29, 1.82) is 0 Å². The molecule has 3 heteroatoms. The summed E-state index contributed by atoms with van der Waals surface area (Å²) in [6, 6.07) is 10.9. The quantitative estimate of drug-likeness (QED) is 0.874. The van der Waals surface area contributed by atoms with Gasteiger partial charge in [-0.15, -0.1) is 0 Å². The fourth-order valence-corrected chi connectivity index (χ4v) is 2.03. The lowest BCUT2D eigenvalue weighted by molar-refractivity contribution is 0.408. The monoisotopic (exact) mass is 241 g/mol. The van der Waals surface area contributed by atoms with E-state index in [1.54, 1.807) is 18.6 Å². The molecule has 0 spiro atoms. The summed E-state index contributed by atoms with van der Waals surface area (Å²) in [4.78, 5) is 8.36. The van der Waals surface area contributed by atoms with Crippen LogP contribution in [0.5, 0.6) is 0 Å². The summed E-state index contributed by atoms with van der Waals surface area (Å²) in [5.41, 5.74) is 2.29. The second-order valence-electron chi connectivity index (χ2n) is 4.71. The summed E-state index contributed by atoms with van der Waals surface area (Å²) in [6.45, 7) is 5.19. The minimum absolute atomic E-state index is 0.341. The SMILES string of the molecule is CC(C)C(NCc1cnccn1)c1ccccc1. The summed E-state index contributed by atoms with van der Waals surface area (Å²) in [5, 5.41) is 3.55. The lowest BCUT2D eigenvalue weighted by Crippen LogP contribution is -2.25. The molecule has 0 aliphatic heterocycles. The predicted molar refractivity (Wildman–Crippen MR) is 72.9 cm³/mol. The first kappa shape index (κ1) is 12.7. The van der Waals surface area contributed by atoms with Crippen LogP contribution in [-0.4, -0.2) is 9.97 Å². The molecule has 1 aromatic carbocycles.